The van der Waals surface area contributed by atoms with E-state index in [1.807, 2.05) is 0 Å². The Kier molecular flexibility index (Phi) is 5.62. The van der Waals surface area contributed by atoms with Crippen LogP contribution < -0.4 is 5.73 Å². The van der Waals surface area contributed by atoms with E-state index in [1.54, 1.807) is 12.1 Å². The molecule has 5 heteroatoms. The lowest BCUT2D eigenvalue weighted by Crippen LogP contribution is -1.95. The van der Waals surface area contributed by atoms with Crippen molar-refractivity contribution in [3.05, 3.63) is 34.7 Å². The Morgan fingerprint density at radius 2 is 1.95 bits per heavy atom. The summed E-state index contributed by atoms with van der Waals surface area (Å²) in [4.78, 5) is 0. The van der Waals surface area contributed by atoms with Gasteiger partial charge in [0.2, 0.25) is 5.88 Å². The van der Waals surface area contributed by atoms with E-state index in [9.17, 15) is 4.39 Å². The third-order valence-electron chi connectivity index (χ3n) is 3.52. The smallest absolute Gasteiger partial charge is 0.230 e. The second-order valence-electron chi connectivity index (χ2n) is 5.13. The molecule has 0 atom stereocenters. The standard InChI is InChI=1S/C16H20ClFN2O/c1-2-3-4-5-6-10-13-15(16(19)21-20-13)14-11(17)8-7-9-12(14)18/h7-9H,2-6,10,19H2,1H3. The number of rotatable bonds is 7. The van der Waals surface area contributed by atoms with Gasteiger partial charge in [-0.1, -0.05) is 55.4 Å². The van der Waals surface area contributed by atoms with Crippen LogP contribution in [0.5, 0.6) is 0 Å². The van der Waals surface area contributed by atoms with Crippen molar-refractivity contribution in [2.24, 2.45) is 0 Å². The van der Waals surface area contributed by atoms with Crippen molar-refractivity contribution in [3.8, 4) is 11.1 Å². The Hall–Kier alpha value is -1.55. The van der Waals surface area contributed by atoms with Crippen LogP contribution in [-0.2, 0) is 6.42 Å². The van der Waals surface area contributed by atoms with Crippen LogP contribution in [0.1, 0.15) is 44.7 Å². The lowest BCUT2D eigenvalue weighted by atomic mass is 10.0. The minimum absolute atomic E-state index is 0.116. The summed E-state index contributed by atoms with van der Waals surface area (Å²) in [6.07, 6.45) is 6.43. The molecule has 0 amide bonds. The van der Waals surface area contributed by atoms with Gasteiger partial charge < -0.3 is 10.3 Å². The van der Waals surface area contributed by atoms with Gasteiger partial charge in [0.15, 0.2) is 0 Å². The molecule has 2 aromatic rings. The van der Waals surface area contributed by atoms with Gasteiger partial charge in [-0.25, -0.2) is 4.39 Å². The lowest BCUT2D eigenvalue weighted by molar-refractivity contribution is 0.425. The van der Waals surface area contributed by atoms with E-state index in [2.05, 4.69) is 12.1 Å². The number of aryl methyl sites for hydroxylation is 1. The van der Waals surface area contributed by atoms with Gasteiger partial charge in [-0.15, -0.1) is 0 Å². The summed E-state index contributed by atoms with van der Waals surface area (Å²) in [5.41, 5.74) is 7.26. The summed E-state index contributed by atoms with van der Waals surface area (Å²) in [5, 5.41) is 4.28. The number of nitrogens with two attached hydrogens (primary N) is 1. The second-order valence-corrected chi connectivity index (χ2v) is 5.54. The zero-order chi connectivity index (χ0) is 15.2. The normalized spacial score (nSPS) is 11.0. The first-order chi connectivity index (χ1) is 10.1. The molecule has 0 saturated carbocycles. The van der Waals surface area contributed by atoms with Gasteiger partial charge in [-0.2, -0.15) is 0 Å². The van der Waals surface area contributed by atoms with Crippen LogP contribution in [0.4, 0.5) is 10.3 Å². The minimum atomic E-state index is -0.412. The molecule has 0 unspecified atom stereocenters. The van der Waals surface area contributed by atoms with Crippen LogP contribution >= 0.6 is 11.6 Å². The SMILES string of the molecule is CCCCCCCc1noc(N)c1-c1c(F)cccc1Cl. The number of hydrogen-bond acceptors (Lipinski definition) is 3. The van der Waals surface area contributed by atoms with Crippen molar-refractivity contribution in [2.75, 3.05) is 5.73 Å². The van der Waals surface area contributed by atoms with E-state index in [4.69, 9.17) is 21.9 Å². The van der Waals surface area contributed by atoms with Gasteiger partial charge in [0, 0.05) is 5.56 Å². The molecular formula is C16H20ClFN2O. The van der Waals surface area contributed by atoms with Crippen LogP contribution in [0.2, 0.25) is 5.02 Å². The fraction of sp³-hybridized carbons (Fsp3) is 0.438. The van der Waals surface area contributed by atoms with Crippen molar-refractivity contribution in [3.63, 3.8) is 0 Å². The first-order valence-corrected chi connectivity index (χ1v) is 7.71. The fourth-order valence-corrected chi connectivity index (χ4v) is 2.67. The molecule has 0 radical (unpaired) electrons. The highest BCUT2D eigenvalue weighted by Gasteiger charge is 2.21. The number of anilines is 1. The maximum Gasteiger partial charge on any atom is 0.230 e. The van der Waals surface area contributed by atoms with Gasteiger partial charge in [0.25, 0.3) is 0 Å². The van der Waals surface area contributed by atoms with Crippen LogP contribution in [-0.4, -0.2) is 5.16 Å². The van der Waals surface area contributed by atoms with E-state index in [-0.39, 0.29) is 11.4 Å². The molecule has 21 heavy (non-hydrogen) atoms. The first kappa shape index (κ1) is 15.8. The molecule has 0 aliphatic heterocycles. The molecule has 114 valence electrons. The van der Waals surface area contributed by atoms with Crippen LogP contribution in [0.3, 0.4) is 0 Å². The highest BCUT2D eigenvalue weighted by molar-refractivity contribution is 6.33. The predicted molar refractivity (Wildman–Crippen MR) is 83.8 cm³/mol. The van der Waals surface area contributed by atoms with Crippen molar-refractivity contribution in [2.45, 2.75) is 45.4 Å². The third-order valence-corrected chi connectivity index (χ3v) is 3.83. The van der Waals surface area contributed by atoms with E-state index in [0.29, 0.717) is 22.7 Å². The molecule has 0 aliphatic rings. The number of benzene rings is 1. The zero-order valence-electron chi connectivity index (χ0n) is 12.2. The Bertz CT molecular complexity index is 578. The van der Waals surface area contributed by atoms with Gasteiger partial charge in [0.1, 0.15) is 5.82 Å². The minimum Gasteiger partial charge on any atom is -0.367 e. The molecule has 2 N–H and O–H groups in total. The fourth-order valence-electron chi connectivity index (χ4n) is 2.41. The number of halogens is 2. The van der Waals surface area contributed by atoms with Crippen molar-refractivity contribution >= 4 is 17.5 Å². The van der Waals surface area contributed by atoms with Crippen LogP contribution in [0.15, 0.2) is 22.7 Å². The second kappa shape index (κ2) is 7.46. The van der Waals surface area contributed by atoms with Crippen molar-refractivity contribution in [1.82, 2.24) is 5.16 Å². The Labute approximate surface area is 129 Å². The number of nitrogen functional groups attached to an aromatic ring is 1. The molecule has 0 saturated heterocycles. The Morgan fingerprint density at radius 3 is 2.67 bits per heavy atom. The van der Waals surface area contributed by atoms with E-state index in [0.717, 1.165) is 12.8 Å². The number of nitrogens with zero attached hydrogens (tertiary/aromatic N) is 1. The average molecular weight is 311 g/mol. The molecule has 1 aromatic heterocycles. The topological polar surface area (TPSA) is 52.0 Å². The largest absolute Gasteiger partial charge is 0.367 e. The van der Waals surface area contributed by atoms with E-state index in [1.165, 1.54) is 25.3 Å². The number of hydrogen-bond donors (Lipinski definition) is 1. The van der Waals surface area contributed by atoms with Gasteiger partial charge in [-0.05, 0) is 25.0 Å². The van der Waals surface area contributed by atoms with Crippen molar-refractivity contribution < 1.29 is 8.91 Å². The molecule has 1 heterocycles. The Balaban J connectivity index is 2.19. The maximum absolute atomic E-state index is 14.1. The first-order valence-electron chi connectivity index (χ1n) is 7.33. The van der Waals surface area contributed by atoms with Gasteiger partial charge in [0.05, 0.1) is 16.3 Å². The summed E-state index contributed by atoms with van der Waals surface area (Å²) >= 11 is 6.10. The molecule has 2 rings (SSSR count). The molecule has 0 spiro atoms. The monoisotopic (exact) mass is 310 g/mol. The quantitative estimate of drug-likeness (QED) is 0.712. The highest BCUT2D eigenvalue weighted by Crippen LogP contribution is 2.37. The number of aromatic nitrogens is 1. The van der Waals surface area contributed by atoms with Crippen LogP contribution in [0, 0.1) is 5.82 Å². The highest BCUT2D eigenvalue weighted by atomic mass is 35.5. The zero-order valence-corrected chi connectivity index (χ0v) is 12.9. The van der Waals surface area contributed by atoms with E-state index >= 15 is 0 Å². The third kappa shape index (κ3) is 3.76. The van der Waals surface area contributed by atoms with Crippen molar-refractivity contribution in [1.29, 1.82) is 0 Å². The summed E-state index contributed by atoms with van der Waals surface area (Å²) in [7, 11) is 0. The molecule has 0 fully saturated rings. The molecule has 0 aliphatic carbocycles. The molecule has 0 bridgehead atoms. The molecule has 3 nitrogen and oxygen atoms in total. The van der Waals surface area contributed by atoms with Gasteiger partial charge in [-0.3, -0.25) is 0 Å². The van der Waals surface area contributed by atoms with E-state index < -0.39 is 5.82 Å². The Morgan fingerprint density at radius 1 is 1.19 bits per heavy atom. The summed E-state index contributed by atoms with van der Waals surface area (Å²) in [5.74, 6) is -0.296. The predicted octanol–water partition coefficient (Wildman–Crippen LogP) is 5.23. The summed E-state index contributed by atoms with van der Waals surface area (Å²) < 4.78 is 19.1. The molecule has 1 aromatic carbocycles. The summed E-state index contributed by atoms with van der Waals surface area (Å²) in [6.45, 7) is 2.18. The summed E-state index contributed by atoms with van der Waals surface area (Å²) in [6, 6.07) is 4.56. The average Bonchev–Trinajstić information content (AvgIpc) is 2.80. The van der Waals surface area contributed by atoms with Crippen LogP contribution in [0.25, 0.3) is 11.1 Å². The maximum atomic E-state index is 14.1. The number of unbranched alkanes of at least 4 members (excludes halogenated alkanes) is 4. The molecular weight excluding hydrogens is 291 g/mol. The van der Waals surface area contributed by atoms with Gasteiger partial charge >= 0.3 is 0 Å². The lowest BCUT2D eigenvalue weighted by Gasteiger charge is -2.06.